The van der Waals surface area contributed by atoms with Crippen LogP contribution in [0, 0.1) is 25.2 Å². The number of nitrogens with zero attached hydrogens (tertiary/aromatic N) is 1. The minimum atomic E-state index is -1.73. The van der Waals surface area contributed by atoms with E-state index in [0.717, 1.165) is 11.1 Å². The SMILES string of the molecule is Cc1cc(C)c2c3c(c(=O)oc2c1)C1(C(=O)Nc2ccccc21)C(C#N)=C(N)O3. The fourth-order valence-corrected chi connectivity index (χ4v) is 4.46. The quantitative estimate of drug-likeness (QED) is 0.575. The molecule has 142 valence electrons. The van der Waals surface area contributed by atoms with Crippen LogP contribution in [0.15, 0.2) is 57.1 Å². The van der Waals surface area contributed by atoms with Gasteiger partial charge in [0.15, 0.2) is 11.2 Å². The highest BCUT2D eigenvalue weighted by Gasteiger charge is 2.58. The lowest BCUT2D eigenvalue weighted by molar-refractivity contribution is -0.118. The monoisotopic (exact) mass is 385 g/mol. The number of nitrogens with two attached hydrogens (primary N) is 1. The van der Waals surface area contributed by atoms with E-state index in [0.29, 0.717) is 22.2 Å². The summed E-state index contributed by atoms with van der Waals surface area (Å²) >= 11 is 0. The molecular weight excluding hydrogens is 370 g/mol. The van der Waals surface area contributed by atoms with Crippen molar-refractivity contribution in [2.75, 3.05) is 5.32 Å². The van der Waals surface area contributed by atoms with E-state index in [4.69, 9.17) is 14.9 Å². The molecule has 0 aliphatic carbocycles. The summed E-state index contributed by atoms with van der Waals surface area (Å²) in [7, 11) is 0. The molecule has 0 fully saturated rings. The number of amides is 1. The van der Waals surface area contributed by atoms with Crippen LogP contribution in [-0.4, -0.2) is 5.91 Å². The van der Waals surface area contributed by atoms with Crippen molar-refractivity contribution in [1.82, 2.24) is 0 Å². The van der Waals surface area contributed by atoms with Crippen LogP contribution < -0.4 is 21.4 Å². The van der Waals surface area contributed by atoms with Gasteiger partial charge >= 0.3 is 5.63 Å². The number of hydrogen-bond acceptors (Lipinski definition) is 6. The minimum Gasteiger partial charge on any atom is -0.439 e. The first kappa shape index (κ1) is 17.1. The van der Waals surface area contributed by atoms with Gasteiger partial charge in [-0.3, -0.25) is 4.79 Å². The van der Waals surface area contributed by atoms with Gasteiger partial charge in [-0.05, 0) is 37.1 Å². The Balaban J connectivity index is 2.03. The first-order chi connectivity index (χ1) is 13.9. The first-order valence-electron chi connectivity index (χ1n) is 8.97. The van der Waals surface area contributed by atoms with Gasteiger partial charge in [-0.25, -0.2) is 4.79 Å². The number of ether oxygens (including phenoxy) is 1. The smallest absolute Gasteiger partial charge is 0.345 e. The zero-order valence-corrected chi connectivity index (χ0v) is 15.6. The Hall–Kier alpha value is -4.05. The maximum absolute atomic E-state index is 13.3. The second kappa shape index (κ2) is 5.49. The summed E-state index contributed by atoms with van der Waals surface area (Å²) in [5.41, 5.74) is 6.49. The predicted octanol–water partition coefficient (Wildman–Crippen LogP) is 2.73. The number of benzene rings is 2. The van der Waals surface area contributed by atoms with Crippen LogP contribution in [-0.2, 0) is 10.2 Å². The third-order valence-corrected chi connectivity index (χ3v) is 5.54. The topological polar surface area (TPSA) is 118 Å². The molecular formula is C22H15N3O4. The average Bonchev–Trinajstić information content (AvgIpc) is 2.93. The predicted molar refractivity (Wildman–Crippen MR) is 105 cm³/mol. The molecule has 3 heterocycles. The number of carbonyl (C=O) groups is 1. The Morgan fingerprint density at radius 2 is 1.93 bits per heavy atom. The number of aryl methyl sites for hydroxylation is 2. The van der Waals surface area contributed by atoms with E-state index in [1.54, 1.807) is 30.3 Å². The van der Waals surface area contributed by atoms with Crippen molar-refractivity contribution < 1.29 is 13.9 Å². The summed E-state index contributed by atoms with van der Waals surface area (Å²) in [6.07, 6.45) is 0. The molecule has 7 nitrogen and oxygen atoms in total. The fourth-order valence-electron chi connectivity index (χ4n) is 4.46. The van der Waals surface area contributed by atoms with Gasteiger partial charge < -0.3 is 20.2 Å². The van der Waals surface area contributed by atoms with Gasteiger partial charge in [0.05, 0.1) is 5.39 Å². The van der Waals surface area contributed by atoms with E-state index in [1.807, 2.05) is 26.0 Å². The van der Waals surface area contributed by atoms with Crippen molar-refractivity contribution in [2.24, 2.45) is 5.73 Å². The highest BCUT2D eigenvalue weighted by molar-refractivity contribution is 6.13. The van der Waals surface area contributed by atoms with Crippen LogP contribution in [0.4, 0.5) is 5.69 Å². The molecule has 1 spiro atoms. The van der Waals surface area contributed by atoms with Crippen LogP contribution >= 0.6 is 0 Å². The van der Waals surface area contributed by atoms with E-state index < -0.39 is 16.9 Å². The lowest BCUT2D eigenvalue weighted by Gasteiger charge is -2.33. The standard InChI is InChI=1S/C22H15N3O4/c1-10-7-11(2)16-15(8-10)28-20(26)17-18(16)29-19(24)13(9-23)22(17)12-5-3-4-6-14(12)25-21(22)27/h3-8H,24H2,1-2H3,(H,25,27). The van der Waals surface area contributed by atoms with E-state index in [9.17, 15) is 14.9 Å². The maximum atomic E-state index is 13.3. The summed E-state index contributed by atoms with van der Waals surface area (Å²) in [6, 6.07) is 12.5. The molecule has 2 aliphatic heterocycles. The van der Waals surface area contributed by atoms with Gasteiger partial charge in [0, 0.05) is 11.3 Å². The third kappa shape index (κ3) is 1.95. The number of para-hydroxylation sites is 1. The number of hydrogen-bond donors (Lipinski definition) is 2. The van der Waals surface area contributed by atoms with Crippen LogP contribution in [0.3, 0.4) is 0 Å². The Bertz CT molecular complexity index is 1390. The van der Waals surface area contributed by atoms with E-state index in [-0.39, 0.29) is 22.8 Å². The first-order valence-corrected chi connectivity index (χ1v) is 8.97. The van der Waals surface area contributed by atoms with Crippen LogP contribution in [0.1, 0.15) is 22.3 Å². The largest absolute Gasteiger partial charge is 0.439 e. The van der Waals surface area contributed by atoms with Gasteiger partial charge in [0.1, 0.15) is 22.8 Å². The normalized spacial score (nSPS) is 19.6. The van der Waals surface area contributed by atoms with Gasteiger partial charge in [-0.15, -0.1) is 0 Å². The molecule has 1 amide bonds. The van der Waals surface area contributed by atoms with E-state index in [1.165, 1.54) is 0 Å². The third-order valence-electron chi connectivity index (χ3n) is 5.54. The molecule has 7 heteroatoms. The average molecular weight is 385 g/mol. The molecule has 3 N–H and O–H groups in total. The van der Waals surface area contributed by atoms with Gasteiger partial charge in [0.25, 0.3) is 0 Å². The number of nitrogens with one attached hydrogen (secondary N) is 1. The number of carbonyl (C=O) groups excluding carboxylic acids is 1. The van der Waals surface area contributed by atoms with Crippen LogP contribution in [0.2, 0.25) is 0 Å². The molecule has 2 aliphatic rings. The number of nitriles is 1. The van der Waals surface area contributed by atoms with E-state index in [2.05, 4.69) is 5.32 Å². The van der Waals surface area contributed by atoms with Gasteiger partial charge in [-0.2, -0.15) is 5.26 Å². The Morgan fingerprint density at radius 1 is 1.17 bits per heavy atom. The lowest BCUT2D eigenvalue weighted by atomic mass is 9.69. The molecule has 5 rings (SSSR count). The van der Waals surface area contributed by atoms with E-state index >= 15 is 0 Å². The zero-order chi connectivity index (χ0) is 20.5. The molecule has 0 saturated heterocycles. The van der Waals surface area contributed by atoms with Crippen molar-refractivity contribution in [3.05, 3.63) is 80.5 Å². The molecule has 2 aromatic carbocycles. The molecule has 0 bridgehead atoms. The minimum absolute atomic E-state index is 0.0369. The highest BCUT2D eigenvalue weighted by atomic mass is 16.5. The summed E-state index contributed by atoms with van der Waals surface area (Å²) in [5, 5.41) is 13.2. The summed E-state index contributed by atoms with van der Waals surface area (Å²) < 4.78 is 11.4. The highest BCUT2D eigenvalue weighted by Crippen LogP contribution is 2.53. The Labute approximate surface area is 165 Å². The van der Waals surface area contributed by atoms with Crippen LogP contribution in [0.25, 0.3) is 11.0 Å². The second-order valence-electron chi connectivity index (χ2n) is 7.25. The Morgan fingerprint density at radius 3 is 2.69 bits per heavy atom. The molecule has 0 saturated carbocycles. The van der Waals surface area contributed by atoms with Gasteiger partial charge in [0.2, 0.25) is 11.8 Å². The number of rotatable bonds is 0. The molecule has 1 aromatic heterocycles. The molecule has 0 radical (unpaired) electrons. The Kier molecular flexibility index (Phi) is 3.23. The molecule has 29 heavy (non-hydrogen) atoms. The number of anilines is 1. The van der Waals surface area contributed by atoms with Crippen molar-refractivity contribution in [3.8, 4) is 11.8 Å². The van der Waals surface area contributed by atoms with Crippen LogP contribution in [0.5, 0.6) is 5.75 Å². The lowest BCUT2D eigenvalue weighted by Crippen LogP contribution is -2.45. The second-order valence-corrected chi connectivity index (χ2v) is 7.25. The van der Waals surface area contributed by atoms with Crippen molar-refractivity contribution in [2.45, 2.75) is 19.3 Å². The van der Waals surface area contributed by atoms with Crippen molar-refractivity contribution >= 4 is 22.6 Å². The summed E-state index contributed by atoms with van der Waals surface area (Å²) in [4.78, 5) is 26.5. The molecule has 1 atom stereocenters. The summed E-state index contributed by atoms with van der Waals surface area (Å²) in [6.45, 7) is 3.74. The number of fused-ring (bicyclic) bond motifs is 6. The van der Waals surface area contributed by atoms with Crippen molar-refractivity contribution in [3.63, 3.8) is 0 Å². The fraction of sp³-hybridized carbons (Fsp3) is 0.136. The van der Waals surface area contributed by atoms with Gasteiger partial charge in [-0.1, -0.05) is 24.3 Å². The summed E-state index contributed by atoms with van der Waals surface area (Å²) in [5.74, 6) is -0.602. The maximum Gasteiger partial charge on any atom is 0.345 e. The molecule has 3 aromatic rings. The molecule has 1 unspecified atom stereocenters. The van der Waals surface area contributed by atoms with Crippen molar-refractivity contribution in [1.29, 1.82) is 5.26 Å². The zero-order valence-electron chi connectivity index (χ0n) is 15.6.